The minimum atomic E-state index is -0.280. The van der Waals surface area contributed by atoms with Gasteiger partial charge in [0.05, 0.1) is 6.07 Å². The minimum absolute atomic E-state index is 0.118. The first-order valence-corrected chi connectivity index (χ1v) is 4.95. The van der Waals surface area contributed by atoms with Crippen molar-refractivity contribution < 1.29 is 4.79 Å². The van der Waals surface area contributed by atoms with Gasteiger partial charge in [0, 0.05) is 5.69 Å². The summed E-state index contributed by atoms with van der Waals surface area (Å²) in [4.78, 5) is 11.2. The number of carbonyl (C=O) groups excluding carboxylic acids is 1. The highest BCUT2D eigenvalue weighted by Gasteiger charge is 2.01. The highest BCUT2D eigenvalue weighted by atomic mass is 16.1. The number of carbonyl (C=O) groups is 1. The molecule has 78 valence electrons. The summed E-state index contributed by atoms with van der Waals surface area (Å²) in [6.45, 7) is 0. The Bertz CT molecular complexity index is 569. The van der Waals surface area contributed by atoms with Gasteiger partial charge in [-0.3, -0.25) is 4.79 Å². The van der Waals surface area contributed by atoms with Crippen molar-refractivity contribution in [3.8, 4) is 6.07 Å². The maximum Gasteiger partial charge on any atom is 0.238 e. The van der Waals surface area contributed by atoms with Gasteiger partial charge in [0.15, 0.2) is 0 Å². The number of benzene rings is 2. The third kappa shape index (κ3) is 2.18. The molecule has 3 nitrogen and oxygen atoms in total. The maximum absolute atomic E-state index is 11.2. The molecular weight excluding hydrogens is 200 g/mol. The fourth-order valence-corrected chi connectivity index (χ4v) is 1.54. The molecule has 0 fully saturated rings. The van der Waals surface area contributed by atoms with E-state index in [1.165, 1.54) is 0 Å². The molecule has 0 aliphatic heterocycles. The van der Waals surface area contributed by atoms with Crippen LogP contribution in [0.15, 0.2) is 42.5 Å². The van der Waals surface area contributed by atoms with Gasteiger partial charge in [-0.15, -0.1) is 0 Å². The monoisotopic (exact) mass is 210 g/mol. The van der Waals surface area contributed by atoms with Crippen molar-refractivity contribution in [2.24, 2.45) is 0 Å². The Kier molecular flexibility index (Phi) is 2.84. The number of amides is 1. The Labute approximate surface area is 93.3 Å². The van der Waals surface area contributed by atoms with Gasteiger partial charge in [0.25, 0.3) is 0 Å². The van der Waals surface area contributed by atoms with E-state index in [-0.39, 0.29) is 12.3 Å². The van der Waals surface area contributed by atoms with Crippen molar-refractivity contribution in [1.29, 1.82) is 5.26 Å². The molecule has 0 radical (unpaired) electrons. The van der Waals surface area contributed by atoms with E-state index in [9.17, 15) is 4.79 Å². The molecule has 2 aromatic carbocycles. The molecule has 1 N–H and O–H groups in total. The summed E-state index contributed by atoms with van der Waals surface area (Å²) >= 11 is 0. The van der Waals surface area contributed by atoms with Gasteiger partial charge in [-0.1, -0.05) is 30.3 Å². The van der Waals surface area contributed by atoms with Gasteiger partial charge < -0.3 is 5.32 Å². The summed E-state index contributed by atoms with van der Waals surface area (Å²) in [5.74, 6) is -0.280. The Morgan fingerprint density at radius 1 is 1.19 bits per heavy atom. The SMILES string of the molecule is N#CCC(=O)Nc1ccc2ccccc2c1. The third-order valence-corrected chi connectivity index (χ3v) is 2.27. The number of nitriles is 1. The molecule has 0 heterocycles. The number of hydrogen-bond acceptors (Lipinski definition) is 2. The van der Waals surface area contributed by atoms with Gasteiger partial charge in [-0.2, -0.15) is 5.26 Å². The van der Waals surface area contributed by atoms with Crippen LogP contribution in [-0.2, 0) is 4.79 Å². The first-order valence-electron chi connectivity index (χ1n) is 4.95. The highest BCUT2D eigenvalue weighted by molar-refractivity contribution is 5.95. The van der Waals surface area contributed by atoms with Crippen LogP contribution >= 0.6 is 0 Å². The summed E-state index contributed by atoms with van der Waals surface area (Å²) in [5, 5.41) is 13.2. The van der Waals surface area contributed by atoms with E-state index < -0.39 is 0 Å². The molecule has 0 unspecified atom stereocenters. The van der Waals surface area contributed by atoms with E-state index in [0.29, 0.717) is 0 Å². The predicted molar refractivity (Wildman–Crippen MR) is 62.8 cm³/mol. The number of nitrogens with one attached hydrogen (secondary N) is 1. The van der Waals surface area contributed by atoms with E-state index in [0.717, 1.165) is 16.5 Å². The fraction of sp³-hybridized carbons (Fsp3) is 0.0769. The number of fused-ring (bicyclic) bond motifs is 1. The second-order valence-corrected chi connectivity index (χ2v) is 3.44. The van der Waals surface area contributed by atoms with E-state index in [1.807, 2.05) is 48.5 Å². The van der Waals surface area contributed by atoms with Gasteiger partial charge in [0.2, 0.25) is 5.91 Å². The van der Waals surface area contributed by atoms with E-state index in [2.05, 4.69) is 5.32 Å². The summed E-state index contributed by atoms with van der Waals surface area (Å²) in [5.41, 5.74) is 0.721. The molecule has 16 heavy (non-hydrogen) atoms. The highest BCUT2D eigenvalue weighted by Crippen LogP contribution is 2.18. The lowest BCUT2D eigenvalue weighted by Gasteiger charge is -2.04. The van der Waals surface area contributed by atoms with Gasteiger partial charge in [-0.05, 0) is 22.9 Å². The molecule has 2 rings (SSSR count). The van der Waals surface area contributed by atoms with Crippen molar-refractivity contribution in [1.82, 2.24) is 0 Å². The Balaban J connectivity index is 2.26. The molecule has 0 atom stereocenters. The number of rotatable bonds is 2. The average Bonchev–Trinajstić information content (AvgIpc) is 2.29. The van der Waals surface area contributed by atoms with Gasteiger partial charge in [-0.25, -0.2) is 0 Å². The first-order chi connectivity index (χ1) is 7.79. The Morgan fingerprint density at radius 3 is 2.69 bits per heavy atom. The summed E-state index contributed by atoms with van der Waals surface area (Å²) in [7, 11) is 0. The number of nitrogens with zero attached hydrogens (tertiary/aromatic N) is 1. The smallest absolute Gasteiger partial charge is 0.238 e. The largest absolute Gasteiger partial charge is 0.325 e. The standard InChI is InChI=1S/C13H10N2O/c14-8-7-13(16)15-12-6-5-10-3-1-2-4-11(10)9-12/h1-6,9H,7H2,(H,15,16). The van der Waals surface area contributed by atoms with Crippen molar-refractivity contribution in [2.75, 3.05) is 5.32 Å². The minimum Gasteiger partial charge on any atom is -0.325 e. The Morgan fingerprint density at radius 2 is 1.94 bits per heavy atom. The van der Waals surface area contributed by atoms with Crippen molar-refractivity contribution in [3.05, 3.63) is 42.5 Å². The zero-order valence-corrected chi connectivity index (χ0v) is 8.60. The number of anilines is 1. The normalized spacial score (nSPS) is 9.69. The second kappa shape index (κ2) is 4.45. The molecule has 3 heteroatoms. The molecule has 0 aromatic heterocycles. The van der Waals surface area contributed by atoms with Crippen LogP contribution in [0.25, 0.3) is 10.8 Å². The molecule has 1 amide bonds. The zero-order valence-electron chi connectivity index (χ0n) is 8.60. The molecule has 0 aliphatic carbocycles. The van der Waals surface area contributed by atoms with Crippen LogP contribution in [0.2, 0.25) is 0 Å². The lowest BCUT2D eigenvalue weighted by molar-refractivity contribution is -0.115. The van der Waals surface area contributed by atoms with Crippen LogP contribution in [0.1, 0.15) is 6.42 Å². The third-order valence-electron chi connectivity index (χ3n) is 2.27. The lowest BCUT2D eigenvalue weighted by atomic mass is 10.1. The Hall–Kier alpha value is -2.34. The topological polar surface area (TPSA) is 52.9 Å². The van der Waals surface area contributed by atoms with Crippen LogP contribution in [0.4, 0.5) is 5.69 Å². The molecule has 0 aliphatic rings. The van der Waals surface area contributed by atoms with Crippen LogP contribution < -0.4 is 5.32 Å². The van der Waals surface area contributed by atoms with Crippen LogP contribution in [0, 0.1) is 11.3 Å². The van der Waals surface area contributed by atoms with Crippen LogP contribution in [0.5, 0.6) is 0 Å². The van der Waals surface area contributed by atoms with E-state index in [4.69, 9.17) is 5.26 Å². The quantitative estimate of drug-likeness (QED) is 0.828. The molecule has 2 aromatic rings. The maximum atomic E-state index is 11.2. The second-order valence-electron chi connectivity index (χ2n) is 3.44. The summed E-state index contributed by atoms with van der Waals surface area (Å²) < 4.78 is 0. The molecular formula is C13H10N2O. The summed E-state index contributed by atoms with van der Waals surface area (Å²) in [6, 6.07) is 15.4. The predicted octanol–water partition coefficient (Wildman–Crippen LogP) is 2.69. The lowest BCUT2D eigenvalue weighted by Crippen LogP contribution is -2.09. The summed E-state index contributed by atoms with van der Waals surface area (Å²) in [6.07, 6.45) is -0.118. The van der Waals surface area contributed by atoms with Crippen molar-refractivity contribution in [2.45, 2.75) is 6.42 Å². The van der Waals surface area contributed by atoms with Gasteiger partial charge >= 0.3 is 0 Å². The van der Waals surface area contributed by atoms with E-state index in [1.54, 1.807) is 0 Å². The molecule has 0 saturated heterocycles. The van der Waals surface area contributed by atoms with Crippen molar-refractivity contribution >= 4 is 22.4 Å². The van der Waals surface area contributed by atoms with E-state index >= 15 is 0 Å². The molecule has 0 bridgehead atoms. The fourth-order valence-electron chi connectivity index (χ4n) is 1.54. The molecule has 0 saturated carbocycles. The zero-order chi connectivity index (χ0) is 11.4. The molecule has 0 spiro atoms. The number of hydrogen-bond donors (Lipinski definition) is 1. The van der Waals surface area contributed by atoms with Crippen molar-refractivity contribution in [3.63, 3.8) is 0 Å². The van der Waals surface area contributed by atoms with Crippen LogP contribution in [0.3, 0.4) is 0 Å². The first kappa shape index (κ1) is 10.2. The van der Waals surface area contributed by atoms with Crippen LogP contribution in [-0.4, -0.2) is 5.91 Å². The average molecular weight is 210 g/mol. The van der Waals surface area contributed by atoms with Gasteiger partial charge in [0.1, 0.15) is 6.42 Å².